The van der Waals surface area contributed by atoms with Gasteiger partial charge in [0.1, 0.15) is 6.33 Å². The molecule has 20 heavy (non-hydrogen) atoms. The van der Waals surface area contributed by atoms with Crippen LogP contribution in [-0.2, 0) is 6.54 Å². The Morgan fingerprint density at radius 3 is 2.45 bits per heavy atom. The lowest BCUT2D eigenvalue weighted by atomic mass is 10.1. The minimum absolute atomic E-state index is 0.00933. The summed E-state index contributed by atoms with van der Waals surface area (Å²) < 4.78 is 0. The van der Waals surface area contributed by atoms with Crippen molar-refractivity contribution >= 4 is 11.6 Å². The van der Waals surface area contributed by atoms with Crippen LogP contribution in [0.5, 0.6) is 0 Å². The molecule has 102 valence electrons. The molecular formula is C15H16N4O. The first-order chi connectivity index (χ1) is 9.74. The van der Waals surface area contributed by atoms with E-state index in [1.54, 1.807) is 12.4 Å². The summed E-state index contributed by atoms with van der Waals surface area (Å²) in [6.07, 6.45) is 6.68. The van der Waals surface area contributed by atoms with Gasteiger partial charge in [-0.25, -0.2) is 9.97 Å². The van der Waals surface area contributed by atoms with Gasteiger partial charge in [0.05, 0.1) is 5.56 Å². The molecule has 0 atom stereocenters. The minimum Gasteiger partial charge on any atom is -0.399 e. The Morgan fingerprint density at radius 1 is 1.20 bits per heavy atom. The van der Waals surface area contributed by atoms with Gasteiger partial charge in [0.2, 0.25) is 0 Å². The van der Waals surface area contributed by atoms with E-state index in [1.807, 2.05) is 29.2 Å². The van der Waals surface area contributed by atoms with Crippen LogP contribution in [0.2, 0.25) is 0 Å². The van der Waals surface area contributed by atoms with Gasteiger partial charge in [-0.1, -0.05) is 12.1 Å². The van der Waals surface area contributed by atoms with E-state index in [4.69, 9.17) is 5.73 Å². The van der Waals surface area contributed by atoms with Crippen molar-refractivity contribution in [3.63, 3.8) is 0 Å². The normalized spacial score (nSPS) is 14.0. The Hall–Kier alpha value is -2.43. The maximum atomic E-state index is 12.5. The molecule has 0 aliphatic heterocycles. The molecule has 1 amide bonds. The second kappa shape index (κ2) is 5.28. The van der Waals surface area contributed by atoms with Crippen LogP contribution in [0.1, 0.15) is 28.8 Å². The van der Waals surface area contributed by atoms with Gasteiger partial charge < -0.3 is 10.6 Å². The topological polar surface area (TPSA) is 72.1 Å². The Balaban J connectivity index is 1.79. The maximum absolute atomic E-state index is 12.5. The molecule has 5 heteroatoms. The SMILES string of the molecule is Nc1ccc(CN(C(=O)c2cncnc2)C2CC2)cc1. The summed E-state index contributed by atoms with van der Waals surface area (Å²) in [4.78, 5) is 22.2. The summed E-state index contributed by atoms with van der Waals surface area (Å²) in [5.41, 5.74) is 8.03. The molecule has 1 aromatic heterocycles. The molecule has 1 saturated carbocycles. The van der Waals surface area contributed by atoms with Crippen molar-refractivity contribution in [2.24, 2.45) is 0 Å². The van der Waals surface area contributed by atoms with Crippen molar-refractivity contribution in [2.75, 3.05) is 5.73 Å². The van der Waals surface area contributed by atoms with Crippen LogP contribution in [0.3, 0.4) is 0 Å². The first-order valence-electron chi connectivity index (χ1n) is 6.64. The lowest BCUT2D eigenvalue weighted by Crippen LogP contribution is -2.32. The minimum atomic E-state index is -0.00933. The van der Waals surface area contributed by atoms with Crippen molar-refractivity contribution in [3.05, 3.63) is 54.1 Å². The fourth-order valence-corrected chi connectivity index (χ4v) is 2.15. The summed E-state index contributed by atoms with van der Waals surface area (Å²) in [5, 5.41) is 0. The molecule has 1 fully saturated rings. The van der Waals surface area contributed by atoms with Gasteiger partial charge in [-0.05, 0) is 30.5 Å². The number of nitrogen functional groups attached to an aromatic ring is 1. The number of anilines is 1. The quantitative estimate of drug-likeness (QED) is 0.859. The highest BCUT2D eigenvalue weighted by Crippen LogP contribution is 2.29. The zero-order valence-electron chi connectivity index (χ0n) is 11.1. The lowest BCUT2D eigenvalue weighted by molar-refractivity contribution is 0.0729. The second-order valence-electron chi connectivity index (χ2n) is 5.03. The monoisotopic (exact) mass is 268 g/mol. The fraction of sp³-hybridized carbons (Fsp3) is 0.267. The standard InChI is InChI=1S/C15H16N4O/c16-13-3-1-11(2-4-13)9-19(14-5-6-14)15(20)12-7-17-10-18-8-12/h1-4,7-8,10,14H,5-6,9,16H2. The van der Waals surface area contributed by atoms with Crippen LogP contribution in [0.4, 0.5) is 5.69 Å². The number of nitrogens with zero attached hydrogens (tertiary/aromatic N) is 3. The van der Waals surface area contributed by atoms with Gasteiger partial charge in [-0.3, -0.25) is 4.79 Å². The predicted octanol–water partition coefficient (Wildman–Crippen LogP) is 1.86. The number of benzene rings is 1. The van der Waals surface area contributed by atoms with E-state index in [0.29, 0.717) is 18.2 Å². The van der Waals surface area contributed by atoms with Crippen LogP contribution >= 0.6 is 0 Å². The number of nitrogens with two attached hydrogens (primary N) is 1. The molecule has 5 nitrogen and oxygen atoms in total. The van der Waals surface area contributed by atoms with Gasteiger partial charge in [-0.2, -0.15) is 0 Å². The first-order valence-corrected chi connectivity index (χ1v) is 6.64. The second-order valence-corrected chi connectivity index (χ2v) is 5.03. The molecule has 2 aromatic rings. The molecule has 1 aliphatic rings. The molecule has 0 bridgehead atoms. The van der Waals surface area contributed by atoms with Gasteiger partial charge in [0.15, 0.2) is 0 Å². The van der Waals surface area contributed by atoms with Crippen LogP contribution in [0.15, 0.2) is 43.0 Å². The van der Waals surface area contributed by atoms with E-state index in [2.05, 4.69) is 9.97 Å². The number of carbonyl (C=O) groups excluding carboxylic acids is 1. The van der Waals surface area contributed by atoms with E-state index in [-0.39, 0.29) is 5.91 Å². The van der Waals surface area contributed by atoms with Gasteiger partial charge in [0.25, 0.3) is 5.91 Å². The van der Waals surface area contributed by atoms with Gasteiger partial charge in [-0.15, -0.1) is 0 Å². The van der Waals surface area contributed by atoms with Crippen molar-refractivity contribution < 1.29 is 4.79 Å². The maximum Gasteiger partial charge on any atom is 0.257 e. The summed E-state index contributed by atoms with van der Waals surface area (Å²) in [6, 6.07) is 7.96. The van der Waals surface area contributed by atoms with Crippen molar-refractivity contribution in [3.8, 4) is 0 Å². The summed E-state index contributed by atoms with van der Waals surface area (Å²) in [7, 11) is 0. The molecule has 0 saturated heterocycles. The van der Waals surface area contributed by atoms with E-state index in [9.17, 15) is 4.79 Å². The molecule has 1 aliphatic carbocycles. The molecule has 3 rings (SSSR count). The van der Waals surface area contributed by atoms with Crippen LogP contribution < -0.4 is 5.73 Å². The zero-order chi connectivity index (χ0) is 13.9. The van der Waals surface area contributed by atoms with Gasteiger partial charge >= 0.3 is 0 Å². The Kier molecular flexibility index (Phi) is 3.33. The predicted molar refractivity (Wildman–Crippen MR) is 75.8 cm³/mol. The Labute approximate surface area is 117 Å². The van der Waals surface area contributed by atoms with E-state index >= 15 is 0 Å². The van der Waals surface area contributed by atoms with E-state index in [1.165, 1.54) is 6.33 Å². The number of carbonyl (C=O) groups is 1. The average molecular weight is 268 g/mol. The van der Waals surface area contributed by atoms with Crippen LogP contribution in [-0.4, -0.2) is 26.8 Å². The summed E-state index contributed by atoms with van der Waals surface area (Å²) >= 11 is 0. The molecular weight excluding hydrogens is 252 g/mol. The van der Waals surface area contributed by atoms with E-state index in [0.717, 1.165) is 24.1 Å². The molecule has 0 spiro atoms. The van der Waals surface area contributed by atoms with Crippen molar-refractivity contribution in [2.45, 2.75) is 25.4 Å². The highest BCUT2D eigenvalue weighted by Gasteiger charge is 2.33. The van der Waals surface area contributed by atoms with Crippen molar-refractivity contribution in [1.82, 2.24) is 14.9 Å². The molecule has 1 heterocycles. The highest BCUT2D eigenvalue weighted by atomic mass is 16.2. The number of hydrogen-bond donors (Lipinski definition) is 1. The molecule has 1 aromatic carbocycles. The number of rotatable bonds is 4. The number of hydrogen-bond acceptors (Lipinski definition) is 4. The summed E-state index contributed by atoms with van der Waals surface area (Å²) in [5.74, 6) is -0.00933. The van der Waals surface area contributed by atoms with Gasteiger partial charge in [0, 0.05) is 30.7 Å². The van der Waals surface area contributed by atoms with Crippen LogP contribution in [0.25, 0.3) is 0 Å². The zero-order valence-corrected chi connectivity index (χ0v) is 11.1. The Bertz CT molecular complexity index is 593. The van der Waals surface area contributed by atoms with Crippen molar-refractivity contribution in [1.29, 1.82) is 0 Å². The van der Waals surface area contributed by atoms with Crippen LogP contribution in [0, 0.1) is 0 Å². The first kappa shape index (κ1) is 12.6. The lowest BCUT2D eigenvalue weighted by Gasteiger charge is -2.22. The summed E-state index contributed by atoms with van der Waals surface area (Å²) in [6.45, 7) is 0.596. The highest BCUT2D eigenvalue weighted by molar-refractivity contribution is 5.94. The fourth-order valence-electron chi connectivity index (χ4n) is 2.15. The molecule has 0 radical (unpaired) electrons. The number of aromatic nitrogens is 2. The number of amides is 1. The third-order valence-corrected chi connectivity index (χ3v) is 3.39. The third-order valence-electron chi connectivity index (χ3n) is 3.39. The smallest absolute Gasteiger partial charge is 0.257 e. The molecule has 2 N–H and O–H groups in total. The van der Waals surface area contributed by atoms with E-state index < -0.39 is 0 Å². The largest absolute Gasteiger partial charge is 0.399 e. The third kappa shape index (κ3) is 2.77. The molecule has 0 unspecified atom stereocenters. The average Bonchev–Trinajstić information content (AvgIpc) is 3.31. The Morgan fingerprint density at radius 2 is 1.85 bits per heavy atom.